The molecule has 0 saturated carbocycles. The largest absolute Gasteiger partial charge is 0.454 e. The molecule has 0 aromatic carbocycles. The summed E-state index contributed by atoms with van der Waals surface area (Å²) in [7, 11) is 0. The Kier molecular flexibility index (Phi) is 7.13. The second kappa shape index (κ2) is 9.78. The van der Waals surface area contributed by atoms with Crippen LogP contribution in [0.4, 0.5) is 0 Å². The summed E-state index contributed by atoms with van der Waals surface area (Å²) >= 11 is 0. The van der Waals surface area contributed by atoms with E-state index in [0.717, 1.165) is 64.6 Å². The van der Waals surface area contributed by atoms with Crippen molar-refractivity contribution in [2.45, 2.75) is 39.3 Å². The van der Waals surface area contributed by atoms with Crippen molar-refractivity contribution in [3.05, 3.63) is 23.7 Å². The van der Waals surface area contributed by atoms with Gasteiger partial charge in [-0.05, 0) is 38.8 Å². The van der Waals surface area contributed by atoms with E-state index in [1.165, 1.54) is 0 Å². The molecular formula is C20H32N6O3. The van der Waals surface area contributed by atoms with Gasteiger partial charge in [0.05, 0.1) is 6.04 Å². The van der Waals surface area contributed by atoms with E-state index < -0.39 is 5.91 Å². The van der Waals surface area contributed by atoms with Crippen molar-refractivity contribution in [1.82, 2.24) is 20.0 Å². The van der Waals surface area contributed by atoms with Crippen LogP contribution in [0.1, 0.15) is 43.0 Å². The van der Waals surface area contributed by atoms with Crippen molar-refractivity contribution in [2.75, 3.05) is 45.8 Å². The summed E-state index contributed by atoms with van der Waals surface area (Å²) in [5.74, 6) is 1.21. The maximum atomic E-state index is 12.7. The topological polar surface area (TPSA) is 107 Å². The van der Waals surface area contributed by atoms with E-state index in [9.17, 15) is 9.59 Å². The lowest BCUT2D eigenvalue weighted by atomic mass is 10.2. The fourth-order valence-corrected chi connectivity index (χ4v) is 3.85. The van der Waals surface area contributed by atoms with Gasteiger partial charge in [0.25, 0.3) is 5.91 Å². The lowest BCUT2D eigenvalue weighted by Gasteiger charge is -2.39. The number of nitrogens with one attached hydrogen (secondary N) is 1. The highest BCUT2D eigenvalue weighted by molar-refractivity contribution is 5.89. The van der Waals surface area contributed by atoms with Gasteiger partial charge in [0.15, 0.2) is 11.7 Å². The molecule has 2 fully saturated rings. The molecule has 2 amide bonds. The van der Waals surface area contributed by atoms with Crippen LogP contribution in [-0.4, -0.2) is 84.3 Å². The van der Waals surface area contributed by atoms with Gasteiger partial charge < -0.3 is 25.3 Å². The quantitative estimate of drug-likeness (QED) is 0.527. The predicted molar refractivity (Wildman–Crippen MR) is 110 cm³/mol. The smallest absolute Gasteiger partial charge is 0.284 e. The molecule has 29 heavy (non-hydrogen) atoms. The predicted octanol–water partition coefficient (Wildman–Crippen LogP) is 0.473. The Balaban J connectivity index is 1.55. The van der Waals surface area contributed by atoms with Crippen molar-refractivity contribution in [1.29, 1.82) is 0 Å². The molecule has 9 heteroatoms. The fourth-order valence-electron chi connectivity index (χ4n) is 3.85. The van der Waals surface area contributed by atoms with E-state index in [4.69, 9.17) is 10.2 Å². The number of primary amides is 1. The van der Waals surface area contributed by atoms with Gasteiger partial charge in [-0.25, -0.2) is 4.99 Å². The fraction of sp³-hybridized carbons (Fsp3) is 0.650. The van der Waals surface area contributed by atoms with Crippen LogP contribution in [0.3, 0.4) is 0 Å². The molecule has 1 unspecified atom stereocenters. The number of likely N-dealkylation sites (tertiary alicyclic amines) is 1. The first-order chi connectivity index (χ1) is 14.0. The van der Waals surface area contributed by atoms with Gasteiger partial charge in [-0.15, -0.1) is 0 Å². The zero-order valence-electron chi connectivity index (χ0n) is 17.4. The molecule has 2 saturated heterocycles. The zero-order valence-corrected chi connectivity index (χ0v) is 17.4. The van der Waals surface area contributed by atoms with E-state index in [2.05, 4.69) is 20.1 Å². The molecular weight excluding hydrogens is 372 g/mol. The van der Waals surface area contributed by atoms with Gasteiger partial charge in [0.2, 0.25) is 5.91 Å². The number of furan rings is 1. The molecule has 0 bridgehead atoms. The first-order valence-electron chi connectivity index (χ1n) is 10.4. The molecule has 1 atom stereocenters. The Morgan fingerprint density at radius 1 is 1.14 bits per heavy atom. The summed E-state index contributed by atoms with van der Waals surface area (Å²) in [6.45, 7) is 10.2. The van der Waals surface area contributed by atoms with Gasteiger partial charge >= 0.3 is 0 Å². The Bertz CT molecular complexity index is 732. The summed E-state index contributed by atoms with van der Waals surface area (Å²) in [4.78, 5) is 34.9. The second-order valence-corrected chi connectivity index (χ2v) is 7.53. The number of piperazine rings is 1. The highest BCUT2D eigenvalue weighted by Crippen LogP contribution is 2.14. The zero-order chi connectivity index (χ0) is 20.8. The molecule has 160 valence electrons. The summed E-state index contributed by atoms with van der Waals surface area (Å²) in [6, 6.07) is 3.21. The molecule has 1 aromatic heterocycles. The number of nitrogens with zero attached hydrogens (tertiary/aromatic N) is 4. The van der Waals surface area contributed by atoms with E-state index in [-0.39, 0.29) is 17.7 Å². The molecule has 0 spiro atoms. The van der Waals surface area contributed by atoms with E-state index in [0.29, 0.717) is 12.3 Å². The van der Waals surface area contributed by atoms with Crippen LogP contribution in [-0.2, 0) is 11.3 Å². The Hall–Kier alpha value is -2.55. The summed E-state index contributed by atoms with van der Waals surface area (Å²) in [5.41, 5.74) is 5.23. The van der Waals surface area contributed by atoms with Crippen LogP contribution in [0.25, 0.3) is 0 Å². The molecule has 0 radical (unpaired) electrons. The number of hydrogen-bond donors (Lipinski definition) is 2. The van der Waals surface area contributed by atoms with Gasteiger partial charge in [0.1, 0.15) is 12.3 Å². The van der Waals surface area contributed by atoms with Crippen LogP contribution < -0.4 is 11.1 Å². The van der Waals surface area contributed by atoms with Gasteiger partial charge in [0, 0.05) is 45.8 Å². The number of hydrogen-bond acceptors (Lipinski definition) is 5. The van der Waals surface area contributed by atoms with Crippen molar-refractivity contribution in [2.24, 2.45) is 10.7 Å². The number of carbonyl (C=O) groups is 2. The maximum absolute atomic E-state index is 12.7. The van der Waals surface area contributed by atoms with Crippen LogP contribution in [0.2, 0.25) is 0 Å². The Morgan fingerprint density at radius 3 is 2.41 bits per heavy atom. The standard InChI is InChI=1S/C20H32N6O3/c1-3-22-20(23-14-16-6-7-17(29-16)18(21)27)26-12-10-24(11-13-26)15(2)19(28)25-8-4-5-9-25/h6-7,15H,3-5,8-14H2,1-2H3,(H2,21,27)(H,22,23). The minimum atomic E-state index is -0.583. The maximum Gasteiger partial charge on any atom is 0.284 e. The molecule has 3 rings (SSSR count). The van der Waals surface area contributed by atoms with Gasteiger partial charge in [-0.1, -0.05) is 0 Å². The third-order valence-electron chi connectivity index (χ3n) is 5.56. The second-order valence-electron chi connectivity index (χ2n) is 7.53. The van der Waals surface area contributed by atoms with Crippen LogP contribution >= 0.6 is 0 Å². The number of rotatable bonds is 6. The van der Waals surface area contributed by atoms with Crippen molar-refractivity contribution >= 4 is 17.8 Å². The molecule has 0 aliphatic carbocycles. The van der Waals surface area contributed by atoms with Crippen molar-refractivity contribution in [3.63, 3.8) is 0 Å². The minimum Gasteiger partial charge on any atom is -0.454 e. The van der Waals surface area contributed by atoms with E-state index in [1.54, 1.807) is 12.1 Å². The van der Waals surface area contributed by atoms with E-state index >= 15 is 0 Å². The molecule has 2 aliphatic heterocycles. The summed E-state index contributed by atoms with van der Waals surface area (Å²) in [5, 5.41) is 3.31. The first kappa shape index (κ1) is 21.2. The number of carbonyl (C=O) groups excluding carboxylic acids is 2. The average molecular weight is 405 g/mol. The molecule has 3 heterocycles. The molecule has 9 nitrogen and oxygen atoms in total. The molecule has 1 aromatic rings. The normalized spacial score (nSPS) is 19.4. The lowest BCUT2D eigenvalue weighted by Crippen LogP contribution is -2.57. The van der Waals surface area contributed by atoms with Gasteiger partial charge in [-0.3, -0.25) is 14.5 Å². The lowest BCUT2D eigenvalue weighted by molar-refractivity contribution is -0.135. The van der Waals surface area contributed by atoms with Crippen molar-refractivity contribution in [3.8, 4) is 0 Å². The highest BCUT2D eigenvalue weighted by Gasteiger charge is 2.30. The molecule has 3 N–H and O–H groups in total. The number of nitrogens with two attached hydrogens (primary N) is 1. The van der Waals surface area contributed by atoms with Crippen LogP contribution in [0.15, 0.2) is 21.5 Å². The monoisotopic (exact) mass is 404 g/mol. The third kappa shape index (κ3) is 5.29. The van der Waals surface area contributed by atoms with E-state index in [1.807, 2.05) is 18.7 Å². The first-order valence-corrected chi connectivity index (χ1v) is 10.4. The number of aliphatic imine (C=N–C) groups is 1. The summed E-state index contributed by atoms with van der Waals surface area (Å²) < 4.78 is 5.41. The van der Waals surface area contributed by atoms with Gasteiger partial charge in [-0.2, -0.15) is 0 Å². The Labute approximate surface area is 171 Å². The average Bonchev–Trinajstić information content (AvgIpc) is 3.42. The van der Waals surface area contributed by atoms with Crippen LogP contribution in [0.5, 0.6) is 0 Å². The number of guanidine groups is 1. The SMILES string of the molecule is CCNC(=NCc1ccc(C(N)=O)o1)N1CCN(C(C)C(=O)N2CCCC2)CC1. The third-order valence-corrected chi connectivity index (χ3v) is 5.56. The van der Waals surface area contributed by atoms with Crippen molar-refractivity contribution < 1.29 is 14.0 Å². The van der Waals surface area contributed by atoms with Crippen LogP contribution in [0, 0.1) is 0 Å². The summed E-state index contributed by atoms with van der Waals surface area (Å²) in [6.07, 6.45) is 2.23. The Morgan fingerprint density at radius 2 is 1.83 bits per heavy atom. The minimum absolute atomic E-state index is 0.0786. The number of amides is 2. The molecule has 2 aliphatic rings. The highest BCUT2D eigenvalue weighted by atomic mass is 16.3.